The number of hydrogen-bond donors (Lipinski definition) is 2. The minimum Gasteiger partial charge on any atom is -0.480 e. The zero-order chi connectivity index (χ0) is 24.7. The number of rotatable bonds is 7. The van der Waals surface area contributed by atoms with Gasteiger partial charge in [-0.3, -0.25) is 34.7 Å². The van der Waals surface area contributed by atoms with E-state index in [4.69, 9.17) is 9.15 Å². The van der Waals surface area contributed by atoms with Gasteiger partial charge in [0.1, 0.15) is 28.2 Å². The molecule has 5 rings (SSSR count). The Morgan fingerprint density at radius 3 is 2.29 bits per heavy atom. The summed E-state index contributed by atoms with van der Waals surface area (Å²) in [5, 5.41) is 23.5. The lowest BCUT2D eigenvalue weighted by Gasteiger charge is -2.21. The van der Waals surface area contributed by atoms with Crippen LogP contribution in [0.2, 0.25) is 0 Å². The first-order valence-corrected chi connectivity index (χ1v) is 10.7. The fourth-order valence-corrected chi connectivity index (χ4v) is 4.63. The quantitative estimate of drug-likeness (QED) is 0.297. The number of para-hydroxylation sites is 1. The summed E-state index contributed by atoms with van der Waals surface area (Å²) in [5.41, 5.74) is 0.626. The van der Waals surface area contributed by atoms with Crippen molar-refractivity contribution in [2.45, 2.75) is 18.6 Å². The molecule has 11 nitrogen and oxygen atoms in total. The lowest BCUT2D eigenvalue weighted by molar-refractivity contribution is -0.402. The van der Waals surface area contributed by atoms with Gasteiger partial charge in [0.25, 0.3) is 0 Å². The molecule has 0 saturated carbocycles. The van der Waals surface area contributed by atoms with Gasteiger partial charge in [0.15, 0.2) is 0 Å². The van der Waals surface area contributed by atoms with E-state index in [0.29, 0.717) is 17.1 Å². The average molecular weight is 477 g/mol. The van der Waals surface area contributed by atoms with Crippen LogP contribution in [0.3, 0.4) is 0 Å². The number of carbonyl (C=O) groups is 3. The SMILES string of the molecule is O=C(O)C1NC(c2ccc(Oc3ccccc3)cc2)C2C(=O)N(Cc3ccc([N+](=O)[O-])o3)C(=O)C12. The second-order valence-electron chi connectivity index (χ2n) is 8.26. The zero-order valence-corrected chi connectivity index (χ0v) is 18.1. The molecule has 178 valence electrons. The fourth-order valence-electron chi connectivity index (χ4n) is 4.63. The molecule has 0 bridgehead atoms. The number of ether oxygens (including phenoxy) is 1. The number of carbonyl (C=O) groups excluding carboxylic acids is 2. The second-order valence-corrected chi connectivity index (χ2v) is 8.26. The molecule has 35 heavy (non-hydrogen) atoms. The van der Waals surface area contributed by atoms with E-state index in [1.165, 1.54) is 6.07 Å². The Labute approximate surface area is 198 Å². The lowest BCUT2D eigenvalue weighted by Crippen LogP contribution is -2.42. The number of nitro groups is 1. The number of nitrogens with zero attached hydrogens (tertiary/aromatic N) is 2. The molecule has 0 aliphatic carbocycles. The van der Waals surface area contributed by atoms with E-state index in [-0.39, 0.29) is 12.3 Å². The van der Waals surface area contributed by atoms with E-state index in [0.717, 1.165) is 11.0 Å². The summed E-state index contributed by atoms with van der Waals surface area (Å²) in [6, 6.07) is 16.4. The summed E-state index contributed by atoms with van der Waals surface area (Å²) >= 11 is 0. The molecule has 2 N–H and O–H groups in total. The van der Waals surface area contributed by atoms with E-state index >= 15 is 0 Å². The first-order chi connectivity index (χ1) is 16.8. The number of fused-ring (bicyclic) bond motifs is 1. The Bertz CT molecular complexity index is 1300. The molecular weight excluding hydrogens is 458 g/mol. The van der Waals surface area contributed by atoms with Gasteiger partial charge in [-0.15, -0.1) is 0 Å². The van der Waals surface area contributed by atoms with Crippen molar-refractivity contribution in [1.29, 1.82) is 0 Å². The summed E-state index contributed by atoms with van der Waals surface area (Å²) in [5.74, 6) is -3.80. The normalized spacial score (nSPS) is 23.4. The highest BCUT2D eigenvalue weighted by molar-refractivity contribution is 6.08. The third kappa shape index (κ3) is 4.02. The zero-order valence-electron chi connectivity index (χ0n) is 18.1. The van der Waals surface area contributed by atoms with Crippen molar-refractivity contribution in [2.24, 2.45) is 11.8 Å². The summed E-state index contributed by atoms with van der Waals surface area (Å²) in [7, 11) is 0. The molecule has 2 aromatic carbocycles. The molecule has 4 atom stereocenters. The smallest absolute Gasteiger partial charge is 0.433 e. The maximum absolute atomic E-state index is 13.3. The molecule has 11 heteroatoms. The van der Waals surface area contributed by atoms with Crippen LogP contribution < -0.4 is 10.1 Å². The van der Waals surface area contributed by atoms with Gasteiger partial charge >= 0.3 is 11.9 Å². The molecule has 2 aliphatic heterocycles. The standard InChI is InChI=1S/C24H19N3O8/c28-22-18-19(23(29)26(22)12-16-10-11-17(35-16)27(32)33)21(24(30)31)25-20(18)13-6-8-15(9-7-13)34-14-4-2-1-3-5-14/h1-11,18-21,25H,12H2,(H,30,31). The second kappa shape index (κ2) is 8.69. The van der Waals surface area contributed by atoms with Gasteiger partial charge in [-0.2, -0.15) is 0 Å². The summed E-state index contributed by atoms with van der Waals surface area (Å²) in [4.78, 5) is 49.3. The fraction of sp³-hybridized carbons (Fsp3) is 0.208. The van der Waals surface area contributed by atoms with Crippen molar-refractivity contribution >= 4 is 23.7 Å². The maximum Gasteiger partial charge on any atom is 0.433 e. The number of benzene rings is 2. The Kier molecular flexibility index (Phi) is 5.53. The van der Waals surface area contributed by atoms with Gasteiger partial charge in [-0.05, 0) is 35.9 Å². The van der Waals surface area contributed by atoms with Crippen molar-refractivity contribution in [3.8, 4) is 11.5 Å². The van der Waals surface area contributed by atoms with Crippen LogP contribution in [0.1, 0.15) is 17.4 Å². The van der Waals surface area contributed by atoms with Gasteiger partial charge < -0.3 is 14.3 Å². The largest absolute Gasteiger partial charge is 0.480 e. The van der Waals surface area contributed by atoms with E-state index in [1.54, 1.807) is 36.4 Å². The Hall–Kier alpha value is -4.51. The number of amides is 2. The first kappa shape index (κ1) is 22.3. The third-order valence-corrected chi connectivity index (χ3v) is 6.19. The number of aliphatic carboxylic acids is 1. The number of nitrogens with one attached hydrogen (secondary N) is 1. The predicted octanol–water partition coefficient (Wildman–Crippen LogP) is 2.88. The molecule has 2 fully saturated rings. The van der Waals surface area contributed by atoms with E-state index in [2.05, 4.69) is 5.32 Å². The first-order valence-electron chi connectivity index (χ1n) is 10.7. The Morgan fingerprint density at radius 2 is 1.66 bits per heavy atom. The van der Waals surface area contributed by atoms with Gasteiger partial charge in [0.05, 0.1) is 24.4 Å². The molecule has 3 aromatic rings. The van der Waals surface area contributed by atoms with Crippen LogP contribution in [0.4, 0.5) is 5.88 Å². The summed E-state index contributed by atoms with van der Waals surface area (Å²) < 4.78 is 10.9. The Morgan fingerprint density at radius 1 is 1.00 bits per heavy atom. The number of furan rings is 1. The van der Waals surface area contributed by atoms with Gasteiger partial charge in [0, 0.05) is 6.04 Å². The van der Waals surface area contributed by atoms with Gasteiger partial charge in [0.2, 0.25) is 11.8 Å². The van der Waals surface area contributed by atoms with Crippen LogP contribution in [-0.2, 0) is 20.9 Å². The molecule has 1 aromatic heterocycles. The van der Waals surface area contributed by atoms with Crippen molar-refractivity contribution in [3.05, 3.63) is 88.2 Å². The minimum atomic E-state index is -1.27. The highest BCUT2D eigenvalue weighted by Gasteiger charge is 2.61. The Balaban J connectivity index is 1.39. The third-order valence-electron chi connectivity index (χ3n) is 6.19. The molecule has 2 aliphatic rings. The van der Waals surface area contributed by atoms with E-state index in [9.17, 15) is 29.6 Å². The highest BCUT2D eigenvalue weighted by atomic mass is 16.6. The van der Waals surface area contributed by atoms with Crippen LogP contribution in [0, 0.1) is 22.0 Å². The van der Waals surface area contributed by atoms with Crippen LogP contribution in [0.15, 0.2) is 71.1 Å². The minimum absolute atomic E-state index is 0.0529. The topological polar surface area (TPSA) is 152 Å². The van der Waals surface area contributed by atoms with Crippen LogP contribution in [0.5, 0.6) is 11.5 Å². The number of carboxylic acid groups (broad SMARTS) is 1. The van der Waals surface area contributed by atoms with Crippen LogP contribution >= 0.6 is 0 Å². The lowest BCUT2D eigenvalue weighted by atomic mass is 9.86. The van der Waals surface area contributed by atoms with E-state index < -0.39 is 52.5 Å². The molecule has 4 unspecified atom stereocenters. The van der Waals surface area contributed by atoms with E-state index in [1.807, 2.05) is 18.2 Å². The van der Waals surface area contributed by atoms with Crippen molar-refractivity contribution in [2.75, 3.05) is 0 Å². The van der Waals surface area contributed by atoms with Gasteiger partial charge in [-0.1, -0.05) is 30.3 Å². The molecule has 3 heterocycles. The number of likely N-dealkylation sites (tertiary alicyclic amines) is 1. The van der Waals surface area contributed by atoms with Crippen LogP contribution in [-0.4, -0.2) is 38.8 Å². The van der Waals surface area contributed by atoms with Crippen LogP contribution in [0.25, 0.3) is 0 Å². The molecule has 0 radical (unpaired) electrons. The summed E-state index contributed by atoms with van der Waals surface area (Å²) in [6.45, 7) is -0.318. The number of imide groups is 1. The van der Waals surface area contributed by atoms with Crippen molar-refractivity contribution < 1.29 is 33.6 Å². The van der Waals surface area contributed by atoms with Crippen molar-refractivity contribution in [1.82, 2.24) is 10.2 Å². The molecule has 2 amide bonds. The number of hydrogen-bond acceptors (Lipinski definition) is 8. The predicted molar refractivity (Wildman–Crippen MR) is 118 cm³/mol. The molecule has 0 spiro atoms. The summed E-state index contributed by atoms with van der Waals surface area (Å²) in [6.07, 6.45) is 0. The van der Waals surface area contributed by atoms with Gasteiger partial charge in [-0.25, -0.2) is 0 Å². The van der Waals surface area contributed by atoms with Crippen molar-refractivity contribution in [3.63, 3.8) is 0 Å². The average Bonchev–Trinajstić information content (AvgIpc) is 3.53. The maximum atomic E-state index is 13.3. The molecule has 2 saturated heterocycles. The molecular formula is C24H19N3O8. The number of carboxylic acids is 1. The monoisotopic (exact) mass is 477 g/mol. The highest BCUT2D eigenvalue weighted by Crippen LogP contribution is 2.44.